The Morgan fingerprint density at radius 3 is 1.65 bits per heavy atom. The molecule has 0 saturated carbocycles. The Hall–Kier alpha value is -6.16. The zero-order chi connectivity index (χ0) is 32.6. The van der Waals surface area contributed by atoms with E-state index in [1.54, 1.807) is 0 Å². The van der Waals surface area contributed by atoms with Gasteiger partial charge in [0.25, 0.3) is 0 Å². The van der Waals surface area contributed by atoms with Crippen LogP contribution in [-0.4, -0.2) is 8.07 Å². The van der Waals surface area contributed by atoms with Gasteiger partial charge < -0.3 is 9.80 Å². The summed E-state index contributed by atoms with van der Waals surface area (Å²) < 4.78 is 0. The van der Waals surface area contributed by atoms with E-state index >= 15 is 0 Å². The molecule has 0 fully saturated rings. The van der Waals surface area contributed by atoms with E-state index < -0.39 is 8.07 Å². The molecule has 1 aliphatic heterocycles. The molecule has 232 valence electrons. The maximum atomic E-state index is 2.50. The normalized spacial score (nSPS) is 13.0. The first-order chi connectivity index (χ1) is 24.3. The molecule has 0 N–H and O–H groups in total. The van der Waals surface area contributed by atoms with Gasteiger partial charge in [-0.3, -0.25) is 0 Å². The Labute approximate surface area is 288 Å². The quantitative estimate of drug-likeness (QED) is 0.167. The lowest BCUT2D eigenvalue weighted by Crippen LogP contribution is -2.77. The summed E-state index contributed by atoms with van der Waals surface area (Å²) in [4.78, 5) is 4.90. The molecule has 8 aromatic carbocycles. The van der Waals surface area contributed by atoms with Gasteiger partial charge in [0.2, 0.25) is 0 Å². The second kappa shape index (κ2) is 12.1. The second-order valence-electron chi connectivity index (χ2n) is 12.5. The number of rotatable bonds is 6. The van der Waals surface area contributed by atoms with E-state index in [4.69, 9.17) is 0 Å². The van der Waals surface area contributed by atoms with Crippen LogP contribution in [0, 0.1) is 0 Å². The molecule has 0 atom stereocenters. The Morgan fingerprint density at radius 2 is 0.939 bits per heavy atom. The van der Waals surface area contributed by atoms with Gasteiger partial charge in [0.15, 0.2) is 8.07 Å². The van der Waals surface area contributed by atoms with Crippen LogP contribution in [0.15, 0.2) is 206 Å². The molecule has 0 radical (unpaired) electrons. The van der Waals surface area contributed by atoms with Crippen molar-refractivity contribution in [2.24, 2.45) is 0 Å². The Balaban J connectivity index is 1.41. The molecule has 9 rings (SSSR count). The minimum absolute atomic E-state index is 1.13. The summed E-state index contributed by atoms with van der Waals surface area (Å²) in [6, 6.07) is 75.7. The number of hydrogen-bond acceptors (Lipinski definition) is 2. The lowest BCUT2D eigenvalue weighted by molar-refractivity contribution is 1.27. The molecule has 1 aliphatic rings. The predicted molar refractivity (Wildman–Crippen MR) is 210 cm³/mol. The van der Waals surface area contributed by atoms with E-state index in [0.717, 1.165) is 22.7 Å². The van der Waals surface area contributed by atoms with Crippen molar-refractivity contribution in [2.45, 2.75) is 0 Å². The van der Waals surface area contributed by atoms with Crippen molar-refractivity contribution in [2.75, 3.05) is 9.80 Å². The van der Waals surface area contributed by atoms with Crippen LogP contribution in [0.4, 0.5) is 34.1 Å². The maximum absolute atomic E-state index is 2.85. The molecule has 49 heavy (non-hydrogen) atoms. The molecule has 0 saturated heterocycles. The number of nitrogens with zero attached hydrogens (tertiary/aromatic N) is 2. The molecule has 0 amide bonds. The highest BCUT2D eigenvalue weighted by molar-refractivity contribution is 7.21. The third-order valence-corrected chi connectivity index (χ3v) is 14.7. The Kier molecular flexibility index (Phi) is 7.18. The fraction of sp³-hybridized carbons (Fsp3) is 0. The van der Waals surface area contributed by atoms with Crippen LogP contribution in [0.2, 0.25) is 0 Å². The van der Waals surface area contributed by atoms with Gasteiger partial charge in [0.1, 0.15) is 0 Å². The highest BCUT2D eigenvalue weighted by Crippen LogP contribution is 2.43. The van der Waals surface area contributed by atoms with Crippen LogP contribution < -0.4 is 30.5 Å². The van der Waals surface area contributed by atoms with E-state index in [1.165, 1.54) is 42.9 Å². The number of fused-ring (bicyclic) bond motifs is 3. The molecule has 0 bridgehead atoms. The summed E-state index contributed by atoms with van der Waals surface area (Å²) in [7, 11) is -2.85. The first kappa shape index (κ1) is 29.0. The first-order valence-corrected chi connectivity index (χ1v) is 18.9. The van der Waals surface area contributed by atoms with Crippen molar-refractivity contribution in [3.8, 4) is 0 Å². The molecule has 2 nitrogen and oxygen atoms in total. The molecule has 0 spiro atoms. The van der Waals surface area contributed by atoms with Gasteiger partial charge in [0, 0.05) is 33.8 Å². The molecular weight excluding hydrogens is 609 g/mol. The zero-order valence-corrected chi connectivity index (χ0v) is 28.0. The average Bonchev–Trinajstić information content (AvgIpc) is 3.18. The Bertz CT molecular complexity index is 2350. The predicted octanol–water partition coefficient (Wildman–Crippen LogP) is 9.47. The van der Waals surface area contributed by atoms with Gasteiger partial charge >= 0.3 is 0 Å². The largest absolute Gasteiger partial charge is 0.311 e. The molecular formula is C46H34N2Si. The van der Waals surface area contributed by atoms with Crippen molar-refractivity contribution < 1.29 is 0 Å². The molecule has 0 unspecified atom stereocenters. The van der Waals surface area contributed by atoms with E-state index in [1.807, 2.05) is 0 Å². The molecule has 0 aliphatic carbocycles. The number of hydrogen-bond donors (Lipinski definition) is 0. The highest BCUT2D eigenvalue weighted by Gasteiger charge is 2.49. The molecule has 0 aromatic heterocycles. The fourth-order valence-corrected chi connectivity index (χ4v) is 13.0. The highest BCUT2D eigenvalue weighted by atomic mass is 28.3. The monoisotopic (exact) mass is 642 g/mol. The van der Waals surface area contributed by atoms with Crippen LogP contribution in [0.1, 0.15) is 0 Å². The van der Waals surface area contributed by atoms with Crippen LogP contribution >= 0.6 is 0 Å². The van der Waals surface area contributed by atoms with Gasteiger partial charge in [-0.2, -0.15) is 0 Å². The minimum atomic E-state index is -2.85. The van der Waals surface area contributed by atoms with Gasteiger partial charge in [0.05, 0.1) is 5.69 Å². The lowest BCUT2D eigenvalue weighted by Gasteiger charge is -2.45. The summed E-state index contributed by atoms with van der Waals surface area (Å²) in [5.41, 5.74) is 7.04. The number of anilines is 6. The second-order valence-corrected chi connectivity index (χ2v) is 16.3. The molecule has 8 aromatic rings. The summed E-state index contributed by atoms with van der Waals surface area (Å²) in [5, 5.41) is 7.94. The van der Waals surface area contributed by atoms with Crippen molar-refractivity contribution in [3.63, 3.8) is 0 Å². The summed E-state index contributed by atoms with van der Waals surface area (Å²) in [5.74, 6) is 0. The molecule has 1 heterocycles. The van der Waals surface area contributed by atoms with Crippen molar-refractivity contribution >= 4 is 73.7 Å². The fourth-order valence-electron chi connectivity index (χ4n) is 7.85. The van der Waals surface area contributed by atoms with E-state index in [-0.39, 0.29) is 0 Å². The van der Waals surface area contributed by atoms with Crippen molar-refractivity contribution in [1.29, 1.82) is 0 Å². The third kappa shape index (κ3) is 4.70. The number of para-hydroxylation sites is 3. The van der Waals surface area contributed by atoms with Crippen LogP contribution in [0.5, 0.6) is 0 Å². The van der Waals surface area contributed by atoms with Gasteiger partial charge in [-0.05, 0) is 80.7 Å². The SMILES string of the molecule is c1ccc(N2c3ccccc3[Si](c3ccccc3)(c3ccccc3)c3cc(N(c4ccccc4)c4cccc5ccccc45)ccc32)cc1. The lowest BCUT2D eigenvalue weighted by atomic mass is 10.1. The van der Waals surface area contributed by atoms with E-state index in [9.17, 15) is 0 Å². The standard InChI is InChI=1S/C46H34N2Si/c1-5-20-36(21-6-1)47(42-30-17-19-35-18-13-14-28-41(35)42)38-32-33-44-46(34-38)49(39-24-9-3-10-25-39,40-26-11-4-12-27-40)45-31-16-15-29-43(45)48(44)37-22-7-2-8-23-37/h1-34H. The topological polar surface area (TPSA) is 6.48 Å². The van der Waals surface area contributed by atoms with Crippen molar-refractivity contribution in [3.05, 3.63) is 206 Å². The maximum Gasteiger partial charge on any atom is 0.184 e. The van der Waals surface area contributed by atoms with E-state index in [2.05, 4.69) is 216 Å². The smallest absolute Gasteiger partial charge is 0.184 e. The van der Waals surface area contributed by atoms with Crippen molar-refractivity contribution in [1.82, 2.24) is 0 Å². The van der Waals surface area contributed by atoms with Crippen LogP contribution in [0.25, 0.3) is 10.8 Å². The van der Waals surface area contributed by atoms with Crippen LogP contribution in [0.3, 0.4) is 0 Å². The summed E-state index contributed by atoms with van der Waals surface area (Å²) in [6.45, 7) is 0. The van der Waals surface area contributed by atoms with Gasteiger partial charge in [-0.15, -0.1) is 0 Å². The average molecular weight is 643 g/mol. The first-order valence-electron chi connectivity index (χ1n) is 16.9. The zero-order valence-electron chi connectivity index (χ0n) is 27.0. The van der Waals surface area contributed by atoms with Crippen LogP contribution in [-0.2, 0) is 0 Å². The number of benzene rings is 8. The molecule has 3 heteroatoms. The van der Waals surface area contributed by atoms with Gasteiger partial charge in [-0.1, -0.05) is 152 Å². The van der Waals surface area contributed by atoms with Gasteiger partial charge in [-0.25, -0.2) is 0 Å². The Morgan fingerprint density at radius 1 is 0.388 bits per heavy atom. The third-order valence-electron chi connectivity index (χ3n) is 9.88. The summed E-state index contributed by atoms with van der Waals surface area (Å²) in [6.07, 6.45) is 0. The summed E-state index contributed by atoms with van der Waals surface area (Å²) >= 11 is 0. The van der Waals surface area contributed by atoms with E-state index in [0.29, 0.717) is 0 Å². The minimum Gasteiger partial charge on any atom is -0.311 e.